The molecule has 0 unspecified atom stereocenters. The van der Waals surface area contributed by atoms with Crippen LogP contribution in [0.3, 0.4) is 0 Å². The van der Waals surface area contributed by atoms with Gasteiger partial charge in [0.25, 0.3) is 0 Å². The van der Waals surface area contributed by atoms with E-state index >= 15 is 0 Å². The minimum Gasteiger partial charge on any atom is -0.390 e. The third kappa shape index (κ3) is 6.83. The third-order valence-corrected chi connectivity index (χ3v) is 1.64. The van der Waals surface area contributed by atoms with Crippen LogP contribution in [0.25, 0.3) is 0 Å². The van der Waals surface area contributed by atoms with E-state index < -0.39 is 39.3 Å². The second kappa shape index (κ2) is 5.43. The predicted molar refractivity (Wildman–Crippen MR) is 40.7 cm³/mol. The molecule has 0 saturated heterocycles. The molecule has 2 atom stereocenters. The van der Waals surface area contributed by atoms with E-state index in [0.29, 0.717) is 0 Å². The number of carbonyl (C=O) groups is 1. The van der Waals surface area contributed by atoms with Gasteiger partial charge in [0.05, 0.1) is 12.7 Å². The van der Waals surface area contributed by atoms with Crippen molar-refractivity contribution in [3.8, 4) is 0 Å². The zero-order chi connectivity index (χ0) is 11.4. The summed E-state index contributed by atoms with van der Waals surface area (Å²) < 4.78 is 20.5. The number of carbonyl (C=O) groups excluding carboxylic acids is 1. The molecule has 0 aromatic heterocycles. The first kappa shape index (κ1) is 10.8. The highest BCUT2D eigenvalue weighted by atomic mass is 31.2. The van der Waals surface area contributed by atoms with Crippen LogP contribution in [-0.4, -0.2) is 45.1 Å². The van der Waals surface area contributed by atoms with E-state index in [1.165, 1.54) is 0 Å². The Labute approximate surface area is 75.6 Å². The second-order valence-corrected chi connectivity index (χ2v) is 3.51. The SMILES string of the molecule is [2H]C(=O)C[C@H](O)[C@H](O)COP(=O)(O)O. The number of phosphoric ester groups is 1. The van der Waals surface area contributed by atoms with Crippen molar-refractivity contribution in [1.29, 1.82) is 0 Å². The van der Waals surface area contributed by atoms with Gasteiger partial charge in [0.2, 0.25) is 0 Å². The lowest BCUT2D eigenvalue weighted by Crippen LogP contribution is -2.30. The van der Waals surface area contributed by atoms with E-state index in [0.717, 1.165) is 0 Å². The van der Waals surface area contributed by atoms with Gasteiger partial charge in [-0.25, -0.2) is 4.57 Å². The Morgan fingerprint density at radius 1 is 1.46 bits per heavy atom. The Kier molecular flexibility index (Phi) is 4.51. The molecule has 0 spiro atoms. The molecular formula is C5H11O7P. The maximum absolute atomic E-state index is 10.2. The lowest BCUT2D eigenvalue weighted by Gasteiger charge is -2.15. The fourth-order valence-electron chi connectivity index (χ4n) is 0.506. The zero-order valence-corrected chi connectivity index (χ0v) is 7.42. The topological polar surface area (TPSA) is 124 Å². The summed E-state index contributed by atoms with van der Waals surface area (Å²) >= 11 is 0. The molecule has 0 saturated carbocycles. The third-order valence-electron chi connectivity index (χ3n) is 1.15. The number of aldehydes is 1. The summed E-state index contributed by atoms with van der Waals surface area (Å²) in [5.74, 6) is 0. The summed E-state index contributed by atoms with van der Waals surface area (Å²) in [5.41, 5.74) is 0. The van der Waals surface area contributed by atoms with Crippen molar-refractivity contribution in [1.82, 2.24) is 0 Å². The van der Waals surface area contributed by atoms with Gasteiger partial charge in [-0.05, 0) is 0 Å². The summed E-state index contributed by atoms with van der Waals surface area (Å²) in [6, 6.07) is 0. The molecule has 0 aliphatic heterocycles. The molecule has 7 nitrogen and oxygen atoms in total. The first-order valence-electron chi connectivity index (χ1n) is 3.78. The molecule has 0 aliphatic rings. The minimum absolute atomic E-state index is 0.619. The number of aliphatic hydroxyl groups is 2. The molecule has 0 amide bonds. The lowest BCUT2D eigenvalue weighted by atomic mass is 10.2. The zero-order valence-electron chi connectivity index (χ0n) is 7.53. The normalized spacial score (nSPS) is 17.7. The maximum Gasteiger partial charge on any atom is 0.469 e. The largest absolute Gasteiger partial charge is 0.469 e. The van der Waals surface area contributed by atoms with Crippen LogP contribution >= 0.6 is 7.82 Å². The first-order chi connectivity index (χ1) is 6.22. The number of hydrogen-bond acceptors (Lipinski definition) is 5. The van der Waals surface area contributed by atoms with E-state index in [1.54, 1.807) is 0 Å². The van der Waals surface area contributed by atoms with Crippen molar-refractivity contribution in [2.24, 2.45) is 0 Å². The Morgan fingerprint density at radius 3 is 2.38 bits per heavy atom. The average molecular weight is 215 g/mol. The van der Waals surface area contributed by atoms with Crippen LogP contribution in [0.4, 0.5) is 0 Å². The summed E-state index contributed by atoms with van der Waals surface area (Å²) in [6.07, 6.45) is -4.89. The van der Waals surface area contributed by atoms with Crippen LogP contribution in [0.5, 0.6) is 0 Å². The highest BCUT2D eigenvalue weighted by Crippen LogP contribution is 2.35. The molecule has 0 aliphatic carbocycles. The second-order valence-electron chi connectivity index (χ2n) is 2.27. The molecule has 0 aromatic rings. The van der Waals surface area contributed by atoms with Gasteiger partial charge in [0.1, 0.15) is 13.7 Å². The molecule has 78 valence electrons. The van der Waals surface area contributed by atoms with Crippen LogP contribution in [0.1, 0.15) is 7.79 Å². The van der Waals surface area contributed by atoms with E-state index in [1.807, 2.05) is 0 Å². The molecule has 13 heavy (non-hydrogen) atoms. The van der Waals surface area contributed by atoms with Gasteiger partial charge in [-0.15, -0.1) is 0 Å². The Morgan fingerprint density at radius 2 is 2.00 bits per heavy atom. The molecule has 0 heterocycles. The Hall–Kier alpha value is -0.300. The quantitative estimate of drug-likeness (QED) is 0.311. The van der Waals surface area contributed by atoms with Crippen LogP contribution in [0, 0.1) is 0 Å². The van der Waals surface area contributed by atoms with E-state index in [-0.39, 0.29) is 0 Å². The molecule has 4 N–H and O–H groups in total. The first-order valence-corrected chi connectivity index (χ1v) is 4.81. The number of aliphatic hydroxyl groups excluding tert-OH is 2. The van der Waals surface area contributed by atoms with Crippen LogP contribution in [0.15, 0.2) is 0 Å². The Balaban J connectivity index is 3.90. The summed E-state index contributed by atoms with van der Waals surface area (Å²) in [5, 5.41) is 17.9. The molecule has 0 fully saturated rings. The van der Waals surface area contributed by atoms with Crippen molar-refractivity contribution < 1.29 is 35.3 Å². The van der Waals surface area contributed by atoms with Crippen molar-refractivity contribution >= 4 is 14.1 Å². The molecule has 0 bridgehead atoms. The summed E-state index contributed by atoms with van der Waals surface area (Å²) in [7, 11) is -4.70. The van der Waals surface area contributed by atoms with Crippen LogP contribution < -0.4 is 0 Å². The van der Waals surface area contributed by atoms with Crippen molar-refractivity contribution in [2.75, 3.05) is 6.61 Å². The van der Waals surface area contributed by atoms with Crippen molar-refractivity contribution in [3.63, 3.8) is 0 Å². The van der Waals surface area contributed by atoms with Gasteiger partial charge in [0.15, 0.2) is 0 Å². The van der Waals surface area contributed by atoms with Gasteiger partial charge >= 0.3 is 7.82 Å². The number of rotatable bonds is 6. The maximum atomic E-state index is 10.2. The highest BCUT2D eigenvalue weighted by molar-refractivity contribution is 7.46. The molecular weight excluding hydrogens is 203 g/mol. The fourth-order valence-corrected chi connectivity index (χ4v) is 0.853. The molecule has 8 heteroatoms. The summed E-state index contributed by atoms with van der Waals surface area (Å²) in [4.78, 5) is 26.6. The Bertz CT molecular complexity index is 238. The van der Waals surface area contributed by atoms with Gasteiger partial charge in [0, 0.05) is 6.42 Å². The predicted octanol–water partition coefficient (Wildman–Crippen LogP) is -1.59. The van der Waals surface area contributed by atoms with Gasteiger partial charge in [-0.2, -0.15) is 0 Å². The van der Waals surface area contributed by atoms with Gasteiger partial charge < -0.3 is 24.8 Å². The standard InChI is InChI=1S/C5H11O7P/c6-2-1-4(7)5(8)3-12-13(9,10)11/h2,4-5,7-8H,1,3H2,(H2,9,10,11)/t4-,5+/m0/s1/i2D. The summed E-state index contributed by atoms with van der Waals surface area (Å²) in [6.45, 7) is -0.807. The van der Waals surface area contributed by atoms with Crippen molar-refractivity contribution in [3.05, 3.63) is 0 Å². The smallest absolute Gasteiger partial charge is 0.390 e. The van der Waals surface area contributed by atoms with Gasteiger partial charge in [-0.3, -0.25) is 4.52 Å². The van der Waals surface area contributed by atoms with Gasteiger partial charge in [-0.1, -0.05) is 0 Å². The molecule has 0 rings (SSSR count). The van der Waals surface area contributed by atoms with Crippen LogP contribution in [0.2, 0.25) is 0 Å². The van der Waals surface area contributed by atoms with E-state index in [9.17, 15) is 9.36 Å². The monoisotopic (exact) mass is 215 g/mol. The van der Waals surface area contributed by atoms with E-state index in [2.05, 4.69) is 4.52 Å². The minimum atomic E-state index is -4.70. The van der Waals surface area contributed by atoms with E-state index in [4.69, 9.17) is 21.4 Å². The van der Waals surface area contributed by atoms with Crippen LogP contribution in [-0.2, 0) is 13.9 Å². The fraction of sp³-hybridized carbons (Fsp3) is 0.800. The highest BCUT2D eigenvalue weighted by Gasteiger charge is 2.21. The average Bonchev–Trinajstić information content (AvgIpc) is 1.97. The lowest BCUT2D eigenvalue weighted by molar-refractivity contribution is -0.111. The van der Waals surface area contributed by atoms with Crippen molar-refractivity contribution in [2.45, 2.75) is 18.6 Å². The number of phosphoric acid groups is 1. The molecule has 0 radical (unpaired) electrons. The molecule has 0 aromatic carbocycles. The number of hydrogen-bond donors (Lipinski definition) is 4.